The normalized spacial score (nSPS) is 18.0. The first-order valence-electron chi connectivity index (χ1n) is 7.26. The van der Waals surface area contributed by atoms with Crippen LogP contribution in [-0.2, 0) is 13.5 Å². The lowest BCUT2D eigenvalue weighted by Gasteiger charge is -2.15. The summed E-state index contributed by atoms with van der Waals surface area (Å²) >= 11 is 12.0. The molecule has 1 unspecified atom stereocenters. The second kappa shape index (κ2) is 6.31. The maximum Gasteiger partial charge on any atom is 0.275 e. The molecular formula is C16H17Cl2N3O. The topological polar surface area (TPSA) is 38.1 Å². The largest absolute Gasteiger partial charge is 0.337 e. The molecule has 2 heterocycles. The highest BCUT2D eigenvalue weighted by Crippen LogP contribution is 2.24. The van der Waals surface area contributed by atoms with Crippen LogP contribution in [0.5, 0.6) is 0 Å². The van der Waals surface area contributed by atoms with E-state index in [1.165, 1.54) is 5.56 Å². The number of benzene rings is 1. The van der Waals surface area contributed by atoms with Gasteiger partial charge in [0.25, 0.3) is 5.91 Å². The van der Waals surface area contributed by atoms with Gasteiger partial charge in [-0.1, -0.05) is 35.3 Å². The Kier molecular flexibility index (Phi) is 4.41. The Hall–Kier alpha value is -1.52. The van der Waals surface area contributed by atoms with E-state index in [0.29, 0.717) is 16.6 Å². The molecule has 0 aliphatic carbocycles. The zero-order valence-electron chi connectivity index (χ0n) is 12.3. The Balaban J connectivity index is 1.63. The molecule has 1 amide bonds. The van der Waals surface area contributed by atoms with Gasteiger partial charge in [-0.25, -0.2) is 0 Å². The van der Waals surface area contributed by atoms with Gasteiger partial charge in [-0.05, 0) is 36.5 Å². The van der Waals surface area contributed by atoms with Gasteiger partial charge in [-0.3, -0.25) is 9.48 Å². The first kappa shape index (κ1) is 15.4. The number of likely N-dealkylation sites (tertiary alicyclic amines) is 1. The first-order valence-corrected chi connectivity index (χ1v) is 8.01. The summed E-state index contributed by atoms with van der Waals surface area (Å²) in [5.74, 6) is 0.386. The molecule has 22 heavy (non-hydrogen) atoms. The second-order valence-electron chi connectivity index (χ2n) is 5.74. The van der Waals surface area contributed by atoms with Crippen LogP contribution >= 0.6 is 23.2 Å². The number of hydrogen-bond acceptors (Lipinski definition) is 2. The predicted octanol–water partition coefficient (Wildman–Crippen LogP) is 3.43. The highest BCUT2D eigenvalue weighted by molar-refractivity contribution is 6.33. The lowest BCUT2D eigenvalue weighted by atomic mass is 9.99. The van der Waals surface area contributed by atoms with E-state index in [9.17, 15) is 4.79 Å². The molecule has 1 aliphatic heterocycles. The molecule has 0 spiro atoms. The smallest absolute Gasteiger partial charge is 0.275 e. The third-order valence-electron chi connectivity index (χ3n) is 4.00. The lowest BCUT2D eigenvalue weighted by molar-refractivity contribution is 0.0780. The SMILES string of the molecule is Cn1cc(Cl)c(C(=O)N2CCC(Cc3ccc(Cl)cc3)C2)n1. The summed E-state index contributed by atoms with van der Waals surface area (Å²) in [7, 11) is 1.76. The third-order valence-corrected chi connectivity index (χ3v) is 4.53. The molecule has 1 aromatic heterocycles. The van der Waals surface area contributed by atoms with Crippen LogP contribution in [0.25, 0.3) is 0 Å². The van der Waals surface area contributed by atoms with Gasteiger partial charge >= 0.3 is 0 Å². The fourth-order valence-electron chi connectivity index (χ4n) is 2.89. The predicted molar refractivity (Wildman–Crippen MR) is 87.4 cm³/mol. The maximum absolute atomic E-state index is 12.5. The lowest BCUT2D eigenvalue weighted by Crippen LogP contribution is -2.29. The number of carbonyl (C=O) groups is 1. The molecule has 1 fully saturated rings. The van der Waals surface area contributed by atoms with Gasteiger partial charge in [0.1, 0.15) is 0 Å². The minimum absolute atomic E-state index is 0.0794. The van der Waals surface area contributed by atoms with Crippen LogP contribution in [-0.4, -0.2) is 33.7 Å². The highest BCUT2D eigenvalue weighted by Gasteiger charge is 2.29. The highest BCUT2D eigenvalue weighted by atomic mass is 35.5. The molecular weight excluding hydrogens is 321 g/mol. The van der Waals surface area contributed by atoms with Crippen molar-refractivity contribution in [1.29, 1.82) is 0 Å². The quantitative estimate of drug-likeness (QED) is 0.860. The standard InChI is InChI=1S/C16H17Cl2N3O/c1-20-10-14(18)15(19-20)16(22)21-7-6-12(9-21)8-11-2-4-13(17)5-3-11/h2-5,10,12H,6-9H2,1H3. The van der Waals surface area contributed by atoms with Crippen LogP contribution in [0.3, 0.4) is 0 Å². The van der Waals surface area contributed by atoms with Gasteiger partial charge in [0.2, 0.25) is 0 Å². The average Bonchev–Trinajstić information content (AvgIpc) is 3.07. The van der Waals surface area contributed by atoms with Gasteiger partial charge < -0.3 is 4.90 Å². The molecule has 3 rings (SSSR count). The zero-order chi connectivity index (χ0) is 15.7. The molecule has 0 N–H and O–H groups in total. The second-order valence-corrected chi connectivity index (χ2v) is 6.58. The van der Waals surface area contributed by atoms with E-state index in [1.807, 2.05) is 29.2 Å². The molecule has 116 valence electrons. The zero-order valence-corrected chi connectivity index (χ0v) is 13.8. The number of halogens is 2. The molecule has 2 aromatic rings. The van der Waals surface area contributed by atoms with Gasteiger partial charge in [0.05, 0.1) is 5.02 Å². The summed E-state index contributed by atoms with van der Waals surface area (Å²) in [5, 5.41) is 5.31. The van der Waals surface area contributed by atoms with Crippen molar-refractivity contribution in [2.24, 2.45) is 13.0 Å². The van der Waals surface area contributed by atoms with Crippen LogP contribution in [0, 0.1) is 5.92 Å². The molecule has 0 radical (unpaired) electrons. The monoisotopic (exact) mass is 337 g/mol. The minimum Gasteiger partial charge on any atom is -0.337 e. The van der Waals surface area contributed by atoms with Crippen molar-refractivity contribution in [2.75, 3.05) is 13.1 Å². The Morgan fingerprint density at radius 1 is 1.32 bits per heavy atom. The summed E-state index contributed by atoms with van der Waals surface area (Å²) in [6.45, 7) is 1.50. The third kappa shape index (κ3) is 3.28. The molecule has 4 nitrogen and oxygen atoms in total. The van der Waals surface area contributed by atoms with Crippen LogP contribution < -0.4 is 0 Å². The van der Waals surface area contributed by atoms with Crippen LogP contribution in [0.4, 0.5) is 0 Å². The summed E-state index contributed by atoms with van der Waals surface area (Å²) in [6, 6.07) is 7.90. The average molecular weight is 338 g/mol. The van der Waals surface area contributed by atoms with Crippen molar-refractivity contribution < 1.29 is 4.79 Å². The molecule has 6 heteroatoms. The van der Waals surface area contributed by atoms with E-state index in [-0.39, 0.29) is 5.91 Å². The van der Waals surface area contributed by atoms with E-state index in [2.05, 4.69) is 5.10 Å². The van der Waals surface area contributed by atoms with E-state index in [4.69, 9.17) is 23.2 Å². The number of nitrogens with zero attached hydrogens (tertiary/aromatic N) is 3. The summed E-state index contributed by atoms with van der Waals surface area (Å²) in [4.78, 5) is 14.3. The van der Waals surface area contributed by atoms with Crippen LogP contribution in [0.15, 0.2) is 30.5 Å². The van der Waals surface area contributed by atoms with Crippen molar-refractivity contribution in [2.45, 2.75) is 12.8 Å². The van der Waals surface area contributed by atoms with E-state index < -0.39 is 0 Å². The number of aromatic nitrogens is 2. The van der Waals surface area contributed by atoms with Crippen molar-refractivity contribution in [3.63, 3.8) is 0 Å². The maximum atomic E-state index is 12.5. The Labute approximate surface area is 139 Å². The molecule has 1 saturated heterocycles. The molecule has 1 atom stereocenters. The summed E-state index contributed by atoms with van der Waals surface area (Å²) in [6.07, 6.45) is 3.60. The van der Waals surface area contributed by atoms with Gasteiger partial charge in [-0.15, -0.1) is 0 Å². The van der Waals surface area contributed by atoms with Gasteiger partial charge in [0, 0.05) is 31.4 Å². The Morgan fingerprint density at radius 3 is 2.68 bits per heavy atom. The first-order chi connectivity index (χ1) is 10.5. The van der Waals surface area contributed by atoms with Crippen LogP contribution in [0.2, 0.25) is 10.0 Å². The molecule has 0 saturated carbocycles. The van der Waals surface area contributed by atoms with E-state index >= 15 is 0 Å². The molecule has 1 aliphatic rings. The molecule has 1 aromatic carbocycles. The fourth-order valence-corrected chi connectivity index (χ4v) is 3.28. The van der Waals surface area contributed by atoms with Crippen LogP contribution in [0.1, 0.15) is 22.5 Å². The summed E-state index contributed by atoms with van der Waals surface area (Å²) in [5.41, 5.74) is 1.59. The number of rotatable bonds is 3. The van der Waals surface area contributed by atoms with Crippen molar-refractivity contribution in [1.82, 2.24) is 14.7 Å². The van der Waals surface area contributed by atoms with E-state index in [0.717, 1.165) is 31.0 Å². The Morgan fingerprint density at radius 2 is 2.05 bits per heavy atom. The van der Waals surface area contributed by atoms with Gasteiger partial charge in [0.15, 0.2) is 5.69 Å². The number of aryl methyl sites for hydroxylation is 1. The minimum atomic E-state index is -0.0794. The summed E-state index contributed by atoms with van der Waals surface area (Å²) < 4.78 is 1.57. The fraction of sp³-hybridized carbons (Fsp3) is 0.375. The Bertz CT molecular complexity index is 681. The van der Waals surface area contributed by atoms with Crippen molar-refractivity contribution in [3.05, 3.63) is 51.8 Å². The number of hydrogen-bond donors (Lipinski definition) is 0. The number of carbonyl (C=O) groups excluding carboxylic acids is 1. The van der Waals surface area contributed by atoms with Crippen molar-refractivity contribution >= 4 is 29.1 Å². The van der Waals surface area contributed by atoms with E-state index in [1.54, 1.807) is 17.9 Å². The molecule has 0 bridgehead atoms. The van der Waals surface area contributed by atoms with Crippen molar-refractivity contribution in [3.8, 4) is 0 Å². The van der Waals surface area contributed by atoms with Gasteiger partial charge in [-0.2, -0.15) is 5.10 Å². The number of amides is 1.